The Labute approximate surface area is 140 Å². The number of hydrogen-bond donors (Lipinski definition) is 2. The molecule has 2 aromatic heterocycles. The highest BCUT2D eigenvalue weighted by Gasteiger charge is 2.17. The number of carbonyl (C=O) groups excluding carboxylic acids is 1. The number of hydrogen-bond acceptors (Lipinski definition) is 7. The summed E-state index contributed by atoms with van der Waals surface area (Å²) >= 11 is 0. The van der Waals surface area contributed by atoms with Crippen molar-refractivity contribution in [3.05, 3.63) is 30.2 Å². The van der Waals surface area contributed by atoms with E-state index in [0.29, 0.717) is 11.5 Å². The number of aryl methyl sites for hydroxylation is 1. The predicted molar refractivity (Wildman–Crippen MR) is 88.6 cm³/mol. The lowest BCUT2D eigenvalue weighted by atomic mass is 10.3. The molecule has 2 aromatic rings. The lowest BCUT2D eigenvalue weighted by Gasteiger charge is -2.20. The van der Waals surface area contributed by atoms with Crippen molar-refractivity contribution in [1.82, 2.24) is 35.4 Å². The molecule has 1 aliphatic heterocycles. The molecule has 0 saturated carbocycles. The second-order valence-electron chi connectivity index (χ2n) is 5.85. The van der Waals surface area contributed by atoms with E-state index in [9.17, 15) is 4.79 Å². The summed E-state index contributed by atoms with van der Waals surface area (Å²) in [4.78, 5) is 23.1. The number of nitrogens with zero attached hydrogens (tertiary/aromatic N) is 6. The highest BCUT2D eigenvalue weighted by Crippen LogP contribution is 2.12. The Balaban J connectivity index is 1.64. The summed E-state index contributed by atoms with van der Waals surface area (Å²) in [7, 11) is 1.84. The monoisotopic (exact) mass is 330 g/mol. The van der Waals surface area contributed by atoms with Crippen LogP contribution in [0.25, 0.3) is 0 Å². The first-order valence-electron chi connectivity index (χ1n) is 8.07. The number of anilines is 1. The molecular formula is C15H22N8O. The zero-order valence-corrected chi connectivity index (χ0v) is 13.9. The van der Waals surface area contributed by atoms with Crippen molar-refractivity contribution >= 4 is 11.7 Å². The van der Waals surface area contributed by atoms with E-state index in [1.165, 1.54) is 6.20 Å². The third kappa shape index (κ3) is 3.67. The number of rotatable bonds is 4. The van der Waals surface area contributed by atoms with Gasteiger partial charge in [-0.15, -0.1) is 10.2 Å². The van der Waals surface area contributed by atoms with E-state index < -0.39 is 0 Å². The highest BCUT2D eigenvalue weighted by atomic mass is 16.2. The zero-order chi connectivity index (χ0) is 16.9. The van der Waals surface area contributed by atoms with Crippen LogP contribution in [0.15, 0.2) is 18.7 Å². The van der Waals surface area contributed by atoms with E-state index in [4.69, 9.17) is 0 Å². The maximum absolute atomic E-state index is 12.3. The summed E-state index contributed by atoms with van der Waals surface area (Å²) in [5.41, 5.74) is 0.292. The van der Waals surface area contributed by atoms with Crippen molar-refractivity contribution in [3.8, 4) is 0 Å². The first kappa shape index (κ1) is 16.3. The fourth-order valence-electron chi connectivity index (χ4n) is 2.70. The molecule has 1 amide bonds. The van der Waals surface area contributed by atoms with Gasteiger partial charge in [-0.3, -0.25) is 4.79 Å². The van der Waals surface area contributed by atoms with Crippen LogP contribution in [-0.4, -0.2) is 56.8 Å². The molecule has 9 nitrogen and oxygen atoms in total. The Hall–Kier alpha value is -2.55. The zero-order valence-electron chi connectivity index (χ0n) is 13.9. The van der Waals surface area contributed by atoms with Crippen molar-refractivity contribution in [2.45, 2.75) is 19.4 Å². The largest absolute Gasteiger partial charge is 0.354 e. The molecule has 9 heteroatoms. The fourth-order valence-corrected chi connectivity index (χ4v) is 2.70. The fraction of sp³-hybridized carbons (Fsp3) is 0.533. The minimum Gasteiger partial charge on any atom is -0.354 e. The van der Waals surface area contributed by atoms with Crippen LogP contribution in [0.4, 0.5) is 5.82 Å². The summed E-state index contributed by atoms with van der Waals surface area (Å²) in [5.74, 6) is 1.21. The molecular weight excluding hydrogens is 308 g/mol. The predicted octanol–water partition coefficient (Wildman–Crippen LogP) is -0.104. The first-order chi connectivity index (χ1) is 11.6. The normalized spacial score (nSPS) is 16.5. The van der Waals surface area contributed by atoms with Gasteiger partial charge >= 0.3 is 0 Å². The summed E-state index contributed by atoms with van der Waals surface area (Å²) < 4.78 is 1.77. The van der Waals surface area contributed by atoms with Crippen molar-refractivity contribution in [3.63, 3.8) is 0 Å². The molecule has 0 radical (unpaired) electrons. The lowest BCUT2D eigenvalue weighted by Crippen LogP contribution is -2.30. The van der Waals surface area contributed by atoms with Crippen LogP contribution in [0.1, 0.15) is 35.7 Å². The van der Waals surface area contributed by atoms with E-state index in [1.807, 2.05) is 14.0 Å². The minimum atomic E-state index is -0.276. The number of nitrogens with one attached hydrogen (secondary N) is 2. The number of aromatic nitrogens is 5. The first-order valence-corrected chi connectivity index (χ1v) is 8.07. The highest BCUT2D eigenvalue weighted by molar-refractivity contribution is 5.92. The van der Waals surface area contributed by atoms with Crippen LogP contribution in [0.3, 0.4) is 0 Å². The quantitative estimate of drug-likeness (QED) is 0.807. The van der Waals surface area contributed by atoms with Crippen molar-refractivity contribution in [2.24, 2.45) is 7.05 Å². The molecule has 1 atom stereocenters. The van der Waals surface area contributed by atoms with E-state index in [1.54, 1.807) is 17.1 Å². The van der Waals surface area contributed by atoms with Gasteiger partial charge in [-0.2, -0.15) is 0 Å². The van der Waals surface area contributed by atoms with Gasteiger partial charge in [-0.25, -0.2) is 9.97 Å². The van der Waals surface area contributed by atoms with E-state index >= 15 is 0 Å². The smallest absolute Gasteiger partial charge is 0.272 e. The average Bonchev–Trinajstić information content (AvgIpc) is 2.85. The Morgan fingerprint density at radius 2 is 2.17 bits per heavy atom. The molecule has 0 bridgehead atoms. The van der Waals surface area contributed by atoms with Gasteiger partial charge in [0.15, 0.2) is 5.82 Å². The Kier molecular flexibility index (Phi) is 4.99. The van der Waals surface area contributed by atoms with Crippen LogP contribution in [-0.2, 0) is 7.05 Å². The molecule has 128 valence electrons. The standard InChI is InChI=1S/C15H22N8O/c1-11(14-21-19-10-22(14)2)20-15(24)12-8-18-13(9-17-12)23-6-3-4-16-5-7-23/h8-11,16H,3-7H2,1-2H3,(H,20,24). The van der Waals surface area contributed by atoms with Crippen molar-refractivity contribution < 1.29 is 4.79 Å². The molecule has 0 aliphatic carbocycles. The second kappa shape index (κ2) is 7.35. The minimum absolute atomic E-state index is 0.261. The third-order valence-corrected chi connectivity index (χ3v) is 4.02. The molecule has 1 aliphatic rings. The summed E-state index contributed by atoms with van der Waals surface area (Å²) in [6.45, 7) is 5.64. The van der Waals surface area contributed by atoms with E-state index in [-0.39, 0.29) is 11.9 Å². The topological polar surface area (TPSA) is 101 Å². The number of carbonyl (C=O) groups is 1. The Morgan fingerprint density at radius 1 is 1.29 bits per heavy atom. The van der Waals surface area contributed by atoms with E-state index in [2.05, 4.69) is 35.7 Å². The van der Waals surface area contributed by atoms with Gasteiger partial charge in [0.05, 0.1) is 18.4 Å². The van der Waals surface area contributed by atoms with Gasteiger partial charge < -0.3 is 20.1 Å². The second-order valence-corrected chi connectivity index (χ2v) is 5.85. The van der Waals surface area contributed by atoms with Crippen LogP contribution >= 0.6 is 0 Å². The summed E-state index contributed by atoms with van der Waals surface area (Å²) in [6.07, 6.45) is 5.85. The molecule has 3 rings (SSSR count). The Bertz CT molecular complexity index is 675. The molecule has 1 unspecified atom stereocenters. The number of amides is 1. The molecule has 0 aromatic carbocycles. The average molecular weight is 330 g/mol. The van der Waals surface area contributed by atoms with Crippen LogP contribution in [0, 0.1) is 0 Å². The van der Waals surface area contributed by atoms with Gasteiger partial charge in [0.25, 0.3) is 5.91 Å². The van der Waals surface area contributed by atoms with Gasteiger partial charge in [0.1, 0.15) is 17.8 Å². The van der Waals surface area contributed by atoms with Crippen LogP contribution < -0.4 is 15.5 Å². The molecule has 24 heavy (non-hydrogen) atoms. The summed E-state index contributed by atoms with van der Waals surface area (Å²) in [5, 5.41) is 14.0. The lowest BCUT2D eigenvalue weighted by molar-refractivity contribution is 0.0932. The van der Waals surface area contributed by atoms with Gasteiger partial charge in [-0.1, -0.05) is 0 Å². The van der Waals surface area contributed by atoms with Gasteiger partial charge in [0.2, 0.25) is 0 Å². The molecule has 1 fully saturated rings. The van der Waals surface area contributed by atoms with Crippen molar-refractivity contribution in [2.75, 3.05) is 31.1 Å². The molecule has 1 saturated heterocycles. The van der Waals surface area contributed by atoms with Crippen molar-refractivity contribution in [1.29, 1.82) is 0 Å². The van der Waals surface area contributed by atoms with Crippen LogP contribution in [0.5, 0.6) is 0 Å². The maximum atomic E-state index is 12.3. The van der Waals surface area contributed by atoms with E-state index in [0.717, 1.165) is 38.4 Å². The molecule has 2 N–H and O–H groups in total. The van der Waals surface area contributed by atoms with Gasteiger partial charge in [0, 0.05) is 26.7 Å². The maximum Gasteiger partial charge on any atom is 0.272 e. The summed E-state index contributed by atoms with van der Waals surface area (Å²) in [6, 6.07) is -0.261. The molecule has 0 spiro atoms. The third-order valence-electron chi connectivity index (χ3n) is 4.02. The van der Waals surface area contributed by atoms with Gasteiger partial charge in [-0.05, 0) is 19.9 Å². The Morgan fingerprint density at radius 3 is 2.88 bits per heavy atom. The van der Waals surface area contributed by atoms with Crippen LogP contribution in [0.2, 0.25) is 0 Å². The molecule has 3 heterocycles. The SMILES string of the molecule is CC(NC(=O)c1cnc(N2CCCNCC2)cn1)c1nncn1C.